The summed E-state index contributed by atoms with van der Waals surface area (Å²) in [7, 11) is 3.39. The van der Waals surface area contributed by atoms with E-state index in [0.717, 1.165) is 61.8 Å². The van der Waals surface area contributed by atoms with Gasteiger partial charge in [-0.05, 0) is 46.6 Å². The van der Waals surface area contributed by atoms with Gasteiger partial charge in [-0.25, -0.2) is 0 Å². The van der Waals surface area contributed by atoms with Crippen molar-refractivity contribution in [3.63, 3.8) is 0 Å². The van der Waals surface area contributed by atoms with Gasteiger partial charge in [0, 0.05) is 55.2 Å². The van der Waals surface area contributed by atoms with E-state index in [1.807, 2.05) is 12.1 Å². The number of hydrogen-bond acceptors (Lipinski definition) is 5. The molecule has 160 valence electrons. The maximum atomic E-state index is 5.94. The second kappa shape index (κ2) is 9.63. The first kappa shape index (κ1) is 21.7. The largest absolute Gasteiger partial charge is 0.497 e. The van der Waals surface area contributed by atoms with Crippen LogP contribution in [0, 0.1) is 13.8 Å². The van der Waals surface area contributed by atoms with Crippen LogP contribution in [0.5, 0.6) is 11.5 Å². The van der Waals surface area contributed by atoms with Gasteiger partial charge in [0.1, 0.15) is 11.5 Å². The molecule has 0 saturated carbocycles. The van der Waals surface area contributed by atoms with E-state index in [0.29, 0.717) is 12.1 Å². The van der Waals surface area contributed by atoms with Crippen molar-refractivity contribution in [2.24, 2.45) is 0 Å². The fourth-order valence-corrected chi connectivity index (χ4v) is 4.14. The minimum atomic E-state index is 0.292. The highest BCUT2D eigenvalue weighted by molar-refractivity contribution is 5.40. The molecular formula is C23H35N3O3. The second-order valence-corrected chi connectivity index (χ2v) is 8.17. The highest BCUT2D eigenvalue weighted by atomic mass is 16.5. The molecule has 0 aliphatic carbocycles. The summed E-state index contributed by atoms with van der Waals surface area (Å²) in [6.45, 7) is 12.0. The molecule has 6 nitrogen and oxygen atoms in total. The number of benzene rings is 1. The molecule has 0 unspecified atom stereocenters. The van der Waals surface area contributed by atoms with Gasteiger partial charge in [0.2, 0.25) is 0 Å². The van der Waals surface area contributed by atoms with Crippen LogP contribution in [0.15, 0.2) is 18.2 Å². The van der Waals surface area contributed by atoms with Gasteiger partial charge in [0.25, 0.3) is 0 Å². The third kappa shape index (κ3) is 5.11. The maximum Gasteiger partial charge on any atom is 0.127 e. The first-order valence-corrected chi connectivity index (χ1v) is 10.5. The van der Waals surface area contributed by atoms with Gasteiger partial charge >= 0.3 is 0 Å². The van der Waals surface area contributed by atoms with Crippen molar-refractivity contribution >= 4 is 0 Å². The Morgan fingerprint density at radius 3 is 2.59 bits per heavy atom. The molecule has 0 N–H and O–H groups in total. The molecule has 6 heteroatoms. The summed E-state index contributed by atoms with van der Waals surface area (Å²) in [6.07, 6.45) is 2.56. The second-order valence-electron chi connectivity index (χ2n) is 8.17. The van der Waals surface area contributed by atoms with E-state index in [4.69, 9.17) is 19.3 Å². The summed E-state index contributed by atoms with van der Waals surface area (Å²) in [6, 6.07) is 6.40. The average molecular weight is 402 g/mol. The molecule has 29 heavy (non-hydrogen) atoms. The van der Waals surface area contributed by atoms with E-state index < -0.39 is 0 Å². The number of nitrogens with zero attached hydrogens (tertiary/aromatic N) is 3. The van der Waals surface area contributed by atoms with Crippen molar-refractivity contribution in [2.75, 3.05) is 27.4 Å². The van der Waals surface area contributed by atoms with Crippen LogP contribution in [0.3, 0.4) is 0 Å². The fourth-order valence-electron chi connectivity index (χ4n) is 4.14. The molecule has 0 radical (unpaired) electrons. The number of aromatic nitrogens is 2. The third-order valence-electron chi connectivity index (χ3n) is 5.72. The maximum absolute atomic E-state index is 5.94. The summed E-state index contributed by atoms with van der Waals surface area (Å²) in [5.41, 5.74) is 4.81. The molecule has 0 spiro atoms. The molecule has 1 aromatic heterocycles. The van der Waals surface area contributed by atoms with E-state index in [1.165, 1.54) is 11.3 Å². The van der Waals surface area contributed by atoms with Crippen molar-refractivity contribution in [1.82, 2.24) is 14.7 Å². The number of ether oxygens (including phenoxy) is 3. The molecule has 0 amide bonds. The average Bonchev–Trinajstić information content (AvgIpc) is 3.31. The molecule has 1 atom stereocenters. The Hall–Kier alpha value is -2.05. The molecule has 1 fully saturated rings. The van der Waals surface area contributed by atoms with Crippen LogP contribution in [0.25, 0.3) is 0 Å². The quantitative estimate of drug-likeness (QED) is 0.628. The van der Waals surface area contributed by atoms with Crippen LogP contribution < -0.4 is 9.47 Å². The molecule has 1 aliphatic rings. The van der Waals surface area contributed by atoms with Crippen molar-refractivity contribution < 1.29 is 14.2 Å². The Morgan fingerprint density at radius 1 is 1.21 bits per heavy atom. The van der Waals surface area contributed by atoms with Crippen LogP contribution in [-0.4, -0.2) is 48.2 Å². The summed E-state index contributed by atoms with van der Waals surface area (Å²) in [5.74, 6) is 1.66. The highest BCUT2D eigenvalue weighted by Crippen LogP contribution is 2.28. The van der Waals surface area contributed by atoms with E-state index in [2.05, 4.69) is 43.3 Å². The van der Waals surface area contributed by atoms with E-state index in [1.54, 1.807) is 14.2 Å². The van der Waals surface area contributed by atoms with Gasteiger partial charge in [-0.2, -0.15) is 5.10 Å². The topological polar surface area (TPSA) is 48.8 Å². The van der Waals surface area contributed by atoms with Gasteiger partial charge in [0.05, 0.1) is 26.0 Å². The van der Waals surface area contributed by atoms with Crippen LogP contribution in [0.4, 0.5) is 0 Å². The van der Waals surface area contributed by atoms with Gasteiger partial charge in [-0.3, -0.25) is 9.58 Å². The molecule has 1 aromatic carbocycles. The molecule has 0 bridgehead atoms. The van der Waals surface area contributed by atoms with Crippen molar-refractivity contribution in [2.45, 2.75) is 65.8 Å². The third-order valence-corrected chi connectivity index (χ3v) is 5.72. The van der Waals surface area contributed by atoms with Crippen molar-refractivity contribution in [1.29, 1.82) is 0 Å². The van der Waals surface area contributed by atoms with Gasteiger partial charge < -0.3 is 14.2 Å². The monoisotopic (exact) mass is 401 g/mol. The number of hydrogen-bond donors (Lipinski definition) is 0. The van der Waals surface area contributed by atoms with Gasteiger partial charge in [-0.1, -0.05) is 6.07 Å². The summed E-state index contributed by atoms with van der Waals surface area (Å²) in [4.78, 5) is 2.46. The first-order valence-electron chi connectivity index (χ1n) is 10.5. The van der Waals surface area contributed by atoms with Crippen LogP contribution in [0.2, 0.25) is 0 Å². The zero-order valence-corrected chi connectivity index (χ0v) is 18.7. The molecule has 2 aromatic rings. The minimum absolute atomic E-state index is 0.292. The smallest absolute Gasteiger partial charge is 0.127 e. The van der Waals surface area contributed by atoms with Crippen molar-refractivity contribution in [3.05, 3.63) is 40.7 Å². The van der Waals surface area contributed by atoms with Crippen LogP contribution in [-0.2, 0) is 17.8 Å². The normalized spacial score (nSPS) is 16.8. The molecule has 2 heterocycles. The lowest BCUT2D eigenvalue weighted by Gasteiger charge is -2.26. The van der Waals surface area contributed by atoms with Gasteiger partial charge in [-0.15, -0.1) is 0 Å². The zero-order chi connectivity index (χ0) is 21.0. The predicted octanol–water partition coefficient (Wildman–Crippen LogP) is 4.28. The lowest BCUT2D eigenvalue weighted by molar-refractivity contribution is 0.0674. The Morgan fingerprint density at radius 2 is 2.00 bits per heavy atom. The van der Waals surface area contributed by atoms with Gasteiger partial charge in [0.15, 0.2) is 0 Å². The van der Waals surface area contributed by atoms with E-state index in [-0.39, 0.29) is 0 Å². The Labute approximate surface area is 174 Å². The summed E-state index contributed by atoms with van der Waals surface area (Å²) in [5, 5.41) is 4.78. The molecule has 1 aliphatic heterocycles. The molecule has 1 saturated heterocycles. The molecular weight excluding hydrogens is 366 g/mol. The fraction of sp³-hybridized carbons (Fsp3) is 0.609. The minimum Gasteiger partial charge on any atom is -0.497 e. The number of rotatable bonds is 9. The number of aryl methyl sites for hydroxylation is 1. The Bertz CT molecular complexity index is 810. The lowest BCUT2D eigenvalue weighted by atomic mass is 10.1. The lowest BCUT2D eigenvalue weighted by Crippen LogP contribution is -2.32. The summed E-state index contributed by atoms with van der Waals surface area (Å²) < 4.78 is 19.1. The van der Waals surface area contributed by atoms with Crippen LogP contribution >= 0.6 is 0 Å². The first-order chi connectivity index (χ1) is 13.9. The van der Waals surface area contributed by atoms with E-state index in [9.17, 15) is 0 Å². The highest BCUT2D eigenvalue weighted by Gasteiger charge is 2.23. The predicted molar refractivity (Wildman–Crippen MR) is 115 cm³/mol. The van der Waals surface area contributed by atoms with E-state index >= 15 is 0 Å². The standard InChI is InChI=1S/C23H35N3O3/c1-16(2)26-18(4)22(17(3)24-26)15-25(14-21-8-7-11-29-21)13-19-9-10-20(27-5)12-23(19)28-6/h9-10,12,16,21H,7-8,11,13-15H2,1-6H3/t21-/m1/s1. The summed E-state index contributed by atoms with van der Waals surface area (Å²) >= 11 is 0. The van der Waals surface area contributed by atoms with Crippen LogP contribution in [0.1, 0.15) is 55.2 Å². The van der Waals surface area contributed by atoms with Crippen molar-refractivity contribution in [3.8, 4) is 11.5 Å². The zero-order valence-electron chi connectivity index (χ0n) is 18.7. The Kier molecular flexibility index (Phi) is 7.19. The molecule has 3 rings (SSSR count). The SMILES string of the molecule is COc1ccc(CN(Cc2c(C)nn(C(C)C)c2C)C[C@H]2CCCO2)c(OC)c1. The number of methoxy groups -OCH3 is 2. The Balaban J connectivity index is 1.85.